The monoisotopic (exact) mass is 401 g/mol. The zero-order valence-electron chi connectivity index (χ0n) is 14.7. The molecular formula is C15H20FN5O7. The lowest BCUT2D eigenvalue weighted by molar-refractivity contribution is -0.189. The van der Waals surface area contributed by atoms with Crippen LogP contribution >= 0.6 is 0 Å². The molecule has 2 saturated heterocycles. The van der Waals surface area contributed by atoms with Crippen molar-refractivity contribution in [2.75, 3.05) is 18.9 Å². The molecule has 154 valence electrons. The average Bonchev–Trinajstić information content (AvgIpc) is 3.24. The molecule has 0 unspecified atom stereocenters. The molecule has 12 nitrogen and oxygen atoms in total. The number of anilines is 1. The fourth-order valence-electron chi connectivity index (χ4n) is 3.28. The minimum absolute atomic E-state index is 0.0132. The maximum absolute atomic E-state index is 14.3. The van der Waals surface area contributed by atoms with Crippen LogP contribution in [-0.2, 0) is 14.2 Å². The molecule has 28 heavy (non-hydrogen) atoms. The van der Waals surface area contributed by atoms with E-state index in [-0.39, 0.29) is 30.3 Å². The van der Waals surface area contributed by atoms with Gasteiger partial charge in [-0.25, -0.2) is 9.37 Å². The molecule has 0 aromatic carbocycles. The molecule has 2 aliphatic heterocycles. The summed E-state index contributed by atoms with van der Waals surface area (Å²) in [6.07, 6.45) is -6.39. The summed E-state index contributed by atoms with van der Waals surface area (Å²) in [5, 5.41) is 30.2. The van der Waals surface area contributed by atoms with Gasteiger partial charge in [0.1, 0.15) is 24.4 Å². The van der Waals surface area contributed by atoms with E-state index < -0.39 is 48.2 Å². The highest BCUT2D eigenvalue weighted by atomic mass is 19.1. The predicted octanol–water partition coefficient (Wildman–Crippen LogP) is -2.22. The Morgan fingerprint density at radius 2 is 2.21 bits per heavy atom. The minimum atomic E-state index is -2.12. The number of nitrogens with zero attached hydrogens (tertiary/aromatic N) is 3. The first kappa shape index (κ1) is 19.2. The zero-order valence-corrected chi connectivity index (χ0v) is 14.7. The number of fused-ring (bicyclic) bond motifs is 1. The van der Waals surface area contributed by atoms with Gasteiger partial charge in [-0.2, -0.15) is 4.98 Å². The van der Waals surface area contributed by atoms with Gasteiger partial charge in [-0.3, -0.25) is 14.3 Å². The van der Waals surface area contributed by atoms with Gasteiger partial charge >= 0.3 is 0 Å². The molecule has 0 radical (unpaired) electrons. The molecule has 0 amide bonds. The quantitative estimate of drug-likeness (QED) is 0.377. The van der Waals surface area contributed by atoms with Gasteiger partial charge in [0.2, 0.25) is 5.95 Å². The second-order valence-corrected chi connectivity index (χ2v) is 6.99. The van der Waals surface area contributed by atoms with Gasteiger partial charge in [-0.05, 0) is 6.92 Å². The lowest BCUT2D eigenvalue weighted by atomic mass is 10.0. The van der Waals surface area contributed by atoms with E-state index in [1.807, 2.05) is 0 Å². The molecular weight excluding hydrogens is 381 g/mol. The number of nitrogens with one attached hydrogen (secondary N) is 1. The lowest BCUT2D eigenvalue weighted by Gasteiger charge is -2.25. The molecule has 2 aliphatic rings. The van der Waals surface area contributed by atoms with Crippen LogP contribution in [0.4, 0.5) is 10.3 Å². The van der Waals surface area contributed by atoms with Crippen molar-refractivity contribution in [3.63, 3.8) is 0 Å². The summed E-state index contributed by atoms with van der Waals surface area (Å²) in [4.78, 5) is 22.1. The highest BCUT2D eigenvalue weighted by Gasteiger charge is 2.51. The SMILES string of the molecule is C[C@@]1(F)[C@H](OC[C@H]2O[C@@H](n3cnc4c(=O)[nH]c(N)nc43)[C@H](O)[C@@H]2O)OC[C@H]1O. The van der Waals surface area contributed by atoms with E-state index in [1.54, 1.807) is 0 Å². The maximum atomic E-state index is 14.3. The number of nitrogens with two attached hydrogens (primary N) is 1. The molecule has 0 bridgehead atoms. The standard InChI is InChI=1S/C15H20FN5O7/c1-15(16)6(22)3-27-13(15)26-2-5-8(23)9(24)12(28-5)21-4-18-7-10(21)19-14(17)20-11(7)25/h4-6,8-9,12-13,22-24H,2-3H2,1H3,(H3,17,19,20,25)/t5-,6-,8-,9-,12-,13-,15+/m1/s1. The Bertz CT molecular complexity index is 933. The van der Waals surface area contributed by atoms with Crippen LogP contribution in [0.2, 0.25) is 0 Å². The van der Waals surface area contributed by atoms with Gasteiger partial charge < -0.3 is 35.3 Å². The number of ether oxygens (including phenoxy) is 3. The molecule has 0 spiro atoms. The Hall–Kier alpha value is -2.16. The second-order valence-electron chi connectivity index (χ2n) is 6.99. The first-order chi connectivity index (χ1) is 13.2. The van der Waals surface area contributed by atoms with E-state index in [2.05, 4.69) is 15.0 Å². The predicted molar refractivity (Wildman–Crippen MR) is 89.7 cm³/mol. The first-order valence-electron chi connectivity index (χ1n) is 8.54. The number of aromatic amines is 1. The van der Waals surface area contributed by atoms with Gasteiger partial charge in [0.25, 0.3) is 5.56 Å². The van der Waals surface area contributed by atoms with Crippen molar-refractivity contribution in [3.8, 4) is 0 Å². The molecule has 2 fully saturated rings. The van der Waals surface area contributed by atoms with E-state index in [1.165, 1.54) is 10.9 Å². The van der Waals surface area contributed by atoms with Crippen LogP contribution in [-0.4, -0.2) is 84.4 Å². The van der Waals surface area contributed by atoms with Crippen LogP contribution in [0.3, 0.4) is 0 Å². The van der Waals surface area contributed by atoms with E-state index >= 15 is 0 Å². The Morgan fingerprint density at radius 1 is 1.46 bits per heavy atom. The fourth-order valence-corrected chi connectivity index (χ4v) is 3.28. The number of hydrogen-bond acceptors (Lipinski definition) is 10. The topological polar surface area (TPSA) is 178 Å². The third kappa shape index (κ3) is 2.96. The Kier molecular flexibility index (Phi) is 4.60. The van der Waals surface area contributed by atoms with Crippen LogP contribution in [0.1, 0.15) is 13.2 Å². The van der Waals surface area contributed by atoms with Gasteiger partial charge in [0.05, 0.1) is 19.5 Å². The van der Waals surface area contributed by atoms with Crippen molar-refractivity contribution < 1.29 is 33.9 Å². The molecule has 13 heteroatoms. The number of H-pyrrole nitrogens is 1. The number of imidazole rings is 1. The Labute approximate surface area is 156 Å². The van der Waals surface area contributed by atoms with Crippen molar-refractivity contribution in [2.45, 2.75) is 49.5 Å². The third-order valence-corrected chi connectivity index (χ3v) is 4.99. The van der Waals surface area contributed by atoms with Crippen molar-refractivity contribution >= 4 is 17.1 Å². The minimum Gasteiger partial charge on any atom is -0.387 e. The largest absolute Gasteiger partial charge is 0.387 e. The molecule has 0 saturated carbocycles. The van der Waals surface area contributed by atoms with E-state index in [4.69, 9.17) is 19.9 Å². The average molecular weight is 401 g/mol. The second kappa shape index (κ2) is 6.72. The fraction of sp³-hybridized carbons (Fsp3) is 0.667. The van der Waals surface area contributed by atoms with E-state index in [0.29, 0.717) is 0 Å². The molecule has 4 rings (SSSR count). The molecule has 2 aromatic heterocycles. The number of rotatable bonds is 4. The van der Waals surface area contributed by atoms with Crippen LogP contribution in [0.5, 0.6) is 0 Å². The number of aliphatic hydroxyl groups excluding tert-OH is 3. The summed E-state index contributed by atoms with van der Waals surface area (Å²) in [6.45, 7) is 0.609. The van der Waals surface area contributed by atoms with Crippen molar-refractivity contribution in [1.82, 2.24) is 19.5 Å². The zero-order chi connectivity index (χ0) is 20.2. The summed E-state index contributed by atoms with van der Waals surface area (Å²) in [7, 11) is 0. The highest BCUT2D eigenvalue weighted by molar-refractivity contribution is 5.70. The van der Waals surface area contributed by atoms with Crippen LogP contribution in [0.15, 0.2) is 11.1 Å². The molecule has 0 aliphatic carbocycles. The normalized spacial score (nSPS) is 38.5. The van der Waals surface area contributed by atoms with Crippen LogP contribution < -0.4 is 11.3 Å². The Balaban J connectivity index is 1.52. The van der Waals surface area contributed by atoms with Gasteiger partial charge in [0.15, 0.2) is 29.4 Å². The maximum Gasteiger partial charge on any atom is 0.280 e. The van der Waals surface area contributed by atoms with Gasteiger partial charge in [-0.1, -0.05) is 0 Å². The van der Waals surface area contributed by atoms with Crippen molar-refractivity contribution in [2.24, 2.45) is 0 Å². The van der Waals surface area contributed by atoms with E-state index in [9.17, 15) is 24.5 Å². The highest BCUT2D eigenvalue weighted by Crippen LogP contribution is 2.34. The smallest absolute Gasteiger partial charge is 0.280 e. The number of nitrogen functional groups attached to an aromatic ring is 1. The van der Waals surface area contributed by atoms with Gasteiger partial charge in [0, 0.05) is 0 Å². The summed E-state index contributed by atoms with van der Waals surface area (Å²) in [5.74, 6) is -0.147. The lowest BCUT2D eigenvalue weighted by Crippen LogP contribution is -2.43. The Morgan fingerprint density at radius 3 is 2.89 bits per heavy atom. The van der Waals surface area contributed by atoms with E-state index in [0.717, 1.165) is 6.92 Å². The van der Waals surface area contributed by atoms with Crippen molar-refractivity contribution in [1.29, 1.82) is 0 Å². The number of halogens is 1. The summed E-state index contributed by atoms with van der Waals surface area (Å²) >= 11 is 0. The van der Waals surface area contributed by atoms with Gasteiger partial charge in [-0.15, -0.1) is 0 Å². The summed E-state index contributed by atoms with van der Waals surface area (Å²) < 4.78 is 31.6. The first-order valence-corrected chi connectivity index (χ1v) is 8.54. The van der Waals surface area contributed by atoms with Crippen molar-refractivity contribution in [3.05, 3.63) is 16.7 Å². The summed E-state index contributed by atoms with van der Waals surface area (Å²) in [6, 6.07) is 0. The number of hydrogen-bond donors (Lipinski definition) is 5. The number of aliphatic hydroxyl groups is 3. The molecule has 4 heterocycles. The summed E-state index contributed by atoms with van der Waals surface area (Å²) in [5.41, 5.74) is 2.92. The van der Waals surface area contributed by atoms with Crippen LogP contribution in [0.25, 0.3) is 11.2 Å². The molecule has 7 atom stereocenters. The van der Waals surface area contributed by atoms with Crippen LogP contribution in [0, 0.1) is 0 Å². The molecule has 6 N–H and O–H groups in total. The molecule has 2 aromatic rings. The third-order valence-electron chi connectivity index (χ3n) is 4.99. The number of aromatic nitrogens is 4. The number of alkyl halides is 1.